The van der Waals surface area contributed by atoms with Crippen molar-refractivity contribution in [2.24, 2.45) is 5.41 Å². The van der Waals surface area contributed by atoms with Crippen LogP contribution in [-0.4, -0.2) is 50.1 Å². The Kier molecular flexibility index (Phi) is 6.12. The average Bonchev–Trinajstić information content (AvgIpc) is 2.52. The van der Waals surface area contributed by atoms with Crippen LogP contribution in [0.15, 0.2) is 24.3 Å². The summed E-state index contributed by atoms with van der Waals surface area (Å²) in [4.78, 5) is 14.5. The van der Waals surface area contributed by atoms with E-state index in [0.717, 1.165) is 50.6 Å². The van der Waals surface area contributed by atoms with E-state index in [-0.39, 0.29) is 11.2 Å². The first-order chi connectivity index (χ1) is 10.5. The highest BCUT2D eigenvalue weighted by atomic mass is 16.5. The minimum atomic E-state index is -0.337. The first kappa shape index (κ1) is 17.1. The van der Waals surface area contributed by atoms with E-state index >= 15 is 0 Å². The number of Topliss-reactive ketones (excluding diaryl/α,β-unsaturated/α-hetero) is 1. The van der Waals surface area contributed by atoms with E-state index in [1.165, 1.54) is 0 Å². The van der Waals surface area contributed by atoms with Crippen LogP contribution in [0, 0.1) is 5.41 Å². The fourth-order valence-corrected chi connectivity index (χ4v) is 2.39. The van der Waals surface area contributed by atoms with Crippen molar-refractivity contribution >= 4 is 5.78 Å². The molecule has 0 unspecified atom stereocenters. The summed E-state index contributed by atoms with van der Waals surface area (Å²) >= 11 is 0. The van der Waals surface area contributed by atoms with Crippen molar-refractivity contribution in [3.8, 4) is 0 Å². The van der Waals surface area contributed by atoms with E-state index in [1.807, 2.05) is 45.0 Å². The van der Waals surface area contributed by atoms with Crippen molar-refractivity contribution in [3.05, 3.63) is 35.4 Å². The molecule has 0 spiro atoms. The zero-order valence-corrected chi connectivity index (χ0v) is 13.9. The van der Waals surface area contributed by atoms with E-state index in [9.17, 15) is 4.79 Å². The van der Waals surface area contributed by atoms with Gasteiger partial charge in [-0.3, -0.25) is 9.69 Å². The molecule has 0 aromatic heterocycles. The summed E-state index contributed by atoms with van der Waals surface area (Å²) in [6.45, 7) is 11.7. The van der Waals surface area contributed by atoms with Crippen LogP contribution in [0.2, 0.25) is 0 Å². The van der Waals surface area contributed by atoms with E-state index in [0.29, 0.717) is 6.61 Å². The van der Waals surface area contributed by atoms with Crippen LogP contribution in [0.25, 0.3) is 0 Å². The maximum Gasteiger partial charge on any atom is 0.168 e. The Hall–Kier alpha value is -1.23. The van der Waals surface area contributed by atoms with Gasteiger partial charge in [0.25, 0.3) is 0 Å². The molecule has 0 bridgehead atoms. The van der Waals surface area contributed by atoms with Crippen LogP contribution in [0.4, 0.5) is 0 Å². The zero-order valence-electron chi connectivity index (χ0n) is 13.9. The lowest BCUT2D eigenvalue weighted by Gasteiger charge is -2.26. The highest BCUT2D eigenvalue weighted by Crippen LogP contribution is 2.21. The number of morpholine rings is 1. The number of carbonyl (C=O) groups is 1. The summed E-state index contributed by atoms with van der Waals surface area (Å²) in [5.41, 5.74) is 1.54. The highest BCUT2D eigenvalue weighted by Gasteiger charge is 2.22. The molecule has 0 amide bonds. The first-order valence-electron chi connectivity index (χ1n) is 7.98. The summed E-state index contributed by atoms with van der Waals surface area (Å²) in [5.74, 6) is 0.173. The van der Waals surface area contributed by atoms with Gasteiger partial charge < -0.3 is 9.47 Å². The number of hydrogen-bond donors (Lipinski definition) is 0. The molecule has 0 aliphatic carbocycles. The van der Waals surface area contributed by atoms with Crippen molar-refractivity contribution in [1.29, 1.82) is 0 Å². The van der Waals surface area contributed by atoms with Crippen molar-refractivity contribution in [2.45, 2.75) is 27.4 Å². The lowest BCUT2D eigenvalue weighted by molar-refractivity contribution is 0.0180. The minimum absolute atomic E-state index is 0.173. The monoisotopic (exact) mass is 305 g/mol. The van der Waals surface area contributed by atoms with Crippen molar-refractivity contribution in [3.63, 3.8) is 0 Å². The second-order valence-corrected chi connectivity index (χ2v) is 6.78. The summed E-state index contributed by atoms with van der Waals surface area (Å²) in [6, 6.07) is 7.75. The lowest BCUT2D eigenvalue weighted by atomic mass is 9.86. The van der Waals surface area contributed by atoms with Gasteiger partial charge in [0.15, 0.2) is 5.78 Å². The molecule has 0 saturated carbocycles. The van der Waals surface area contributed by atoms with Gasteiger partial charge in [0.2, 0.25) is 0 Å². The third-order valence-electron chi connectivity index (χ3n) is 3.82. The van der Waals surface area contributed by atoms with Crippen LogP contribution in [0.5, 0.6) is 0 Å². The smallest absolute Gasteiger partial charge is 0.168 e. The van der Waals surface area contributed by atoms with Crippen LogP contribution in [-0.2, 0) is 16.1 Å². The van der Waals surface area contributed by atoms with Gasteiger partial charge in [-0.15, -0.1) is 0 Å². The molecule has 22 heavy (non-hydrogen) atoms. The Morgan fingerprint density at radius 1 is 1.18 bits per heavy atom. The molecule has 4 heteroatoms. The molecule has 122 valence electrons. The maximum atomic E-state index is 12.2. The first-order valence-corrected chi connectivity index (χ1v) is 7.98. The van der Waals surface area contributed by atoms with Gasteiger partial charge in [-0.05, 0) is 5.56 Å². The molecule has 1 heterocycles. The fraction of sp³-hybridized carbons (Fsp3) is 0.611. The zero-order chi connectivity index (χ0) is 16.0. The molecule has 1 aliphatic rings. The molecular weight excluding hydrogens is 278 g/mol. The topological polar surface area (TPSA) is 38.8 Å². The van der Waals surface area contributed by atoms with Crippen molar-refractivity contribution in [2.75, 3.05) is 39.5 Å². The van der Waals surface area contributed by atoms with Crippen LogP contribution in [0.3, 0.4) is 0 Å². The van der Waals surface area contributed by atoms with Crippen LogP contribution < -0.4 is 0 Å². The average molecular weight is 305 g/mol. The molecular formula is C18H27NO3. The van der Waals surface area contributed by atoms with Gasteiger partial charge >= 0.3 is 0 Å². The minimum Gasteiger partial charge on any atom is -0.379 e. The predicted octanol–water partition coefficient (Wildman–Crippen LogP) is 2.76. The largest absolute Gasteiger partial charge is 0.379 e. The molecule has 2 rings (SSSR count). The normalized spacial score (nSPS) is 16.7. The summed E-state index contributed by atoms with van der Waals surface area (Å²) in [6.07, 6.45) is 0. The third kappa shape index (κ3) is 5.20. The molecule has 1 saturated heterocycles. The SMILES string of the molecule is CC(C)(C)C(=O)c1ccc(COCCN2CCOCC2)cc1. The molecule has 1 aliphatic heterocycles. The van der Waals surface area contributed by atoms with Crippen LogP contribution >= 0.6 is 0 Å². The Balaban J connectivity index is 1.73. The summed E-state index contributed by atoms with van der Waals surface area (Å²) < 4.78 is 11.0. The second-order valence-electron chi connectivity index (χ2n) is 6.78. The van der Waals surface area contributed by atoms with E-state index < -0.39 is 0 Å². The number of benzene rings is 1. The Morgan fingerprint density at radius 2 is 1.82 bits per heavy atom. The summed E-state index contributed by atoms with van der Waals surface area (Å²) in [5, 5.41) is 0. The van der Waals surface area contributed by atoms with Gasteiger partial charge in [-0.25, -0.2) is 0 Å². The lowest BCUT2D eigenvalue weighted by Crippen LogP contribution is -2.38. The number of nitrogens with zero attached hydrogens (tertiary/aromatic N) is 1. The van der Waals surface area contributed by atoms with E-state index in [1.54, 1.807) is 0 Å². The van der Waals surface area contributed by atoms with E-state index in [2.05, 4.69) is 4.90 Å². The van der Waals surface area contributed by atoms with Crippen molar-refractivity contribution in [1.82, 2.24) is 4.90 Å². The Bertz CT molecular complexity index is 470. The van der Waals surface area contributed by atoms with Crippen LogP contribution in [0.1, 0.15) is 36.7 Å². The molecule has 0 radical (unpaired) electrons. The Morgan fingerprint density at radius 3 is 2.41 bits per heavy atom. The molecule has 1 aromatic carbocycles. The number of rotatable bonds is 6. The van der Waals surface area contributed by atoms with Gasteiger partial charge in [-0.2, -0.15) is 0 Å². The van der Waals surface area contributed by atoms with Crippen molar-refractivity contribution < 1.29 is 14.3 Å². The number of ether oxygens (including phenoxy) is 2. The predicted molar refractivity (Wildman–Crippen MR) is 87.1 cm³/mol. The standard InChI is InChI=1S/C18H27NO3/c1-18(2,3)17(20)16-6-4-15(5-7-16)14-22-13-10-19-8-11-21-12-9-19/h4-7H,8-14H2,1-3H3. The molecule has 0 atom stereocenters. The second kappa shape index (κ2) is 7.86. The fourth-order valence-electron chi connectivity index (χ4n) is 2.39. The quantitative estimate of drug-likeness (QED) is 0.598. The number of ketones is 1. The van der Waals surface area contributed by atoms with Gasteiger partial charge in [-0.1, -0.05) is 45.0 Å². The molecule has 0 N–H and O–H groups in total. The summed E-state index contributed by atoms with van der Waals surface area (Å²) in [7, 11) is 0. The maximum absolute atomic E-state index is 12.2. The van der Waals surface area contributed by atoms with E-state index in [4.69, 9.17) is 9.47 Å². The highest BCUT2D eigenvalue weighted by molar-refractivity contribution is 5.99. The van der Waals surface area contributed by atoms with Gasteiger partial charge in [0, 0.05) is 30.6 Å². The number of carbonyl (C=O) groups excluding carboxylic acids is 1. The number of hydrogen-bond acceptors (Lipinski definition) is 4. The molecule has 1 fully saturated rings. The Labute approximate surface area is 133 Å². The van der Waals surface area contributed by atoms with Gasteiger partial charge in [0.1, 0.15) is 0 Å². The van der Waals surface area contributed by atoms with Gasteiger partial charge in [0.05, 0.1) is 26.4 Å². The third-order valence-corrected chi connectivity index (χ3v) is 3.82. The molecule has 1 aromatic rings. The molecule has 4 nitrogen and oxygen atoms in total.